The van der Waals surface area contributed by atoms with Crippen molar-refractivity contribution in [1.29, 1.82) is 0 Å². The fourth-order valence-corrected chi connectivity index (χ4v) is 3.45. The number of nitrogens with one attached hydrogen (secondary N) is 1. The number of thioether (sulfide) groups is 1. The van der Waals surface area contributed by atoms with Gasteiger partial charge in [0.05, 0.1) is 4.92 Å². The molecule has 0 aromatic heterocycles. The smallest absolute Gasteiger partial charge is 0.269 e. The van der Waals surface area contributed by atoms with Gasteiger partial charge in [0.1, 0.15) is 0 Å². The van der Waals surface area contributed by atoms with Gasteiger partial charge in [-0.2, -0.15) is 11.8 Å². The molecule has 0 radical (unpaired) electrons. The highest BCUT2D eigenvalue weighted by molar-refractivity contribution is 7.99. The molecule has 1 N–H and O–H groups in total. The van der Waals surface area contributed by atoms with Crippen molar-refractivity contribution in [3.8, 4) is 0 Å². The molecule has 1 aliphatic rings. The van der Waals surface area contributed by atoms with Crippen LogP contribution < -0.4 is 5.32 Å². The predicted octanol–water partition coefficient (Wildman–Crippen LogP) is 3.40. The highest BCUT2D eigenvalue weighted by Gasteiger charge is 2.19. The fourth-order valence-electron chi connectivity index (χ4n) is 2.71. The van der Waals surface area contributed by atoms with E-state index in [2.05, 4.69) is 11.6 Å². The van der Waals surface area contributed by atoms with E-state index in [9.17, 15) is 10.1 Å². The lowest BCUT2D eigenvalue weighted by atomic mass is 9.95. The second-order valence-electron chi connectivity index (χ2n) is 5.34. The van der Waals surface area contributed by atoms with Gasteiger partial charge < -0.3 is 5.32 Å². The van der Waals surface area contributed by atoms with Crippen LogP contribution in [0.3, 0.4) is 0 Å². The largest absolute Gasteiger partial charge is 0.314 e. The van der Waals surface area contributed by atoms with Crippen molar-refractivity contribution in [3.63, 3.8) is 0 Å². The van der Waals surface area contributed by atoms with Gasteiger partial charge in [-0.15, -0.1) is 0 Å². The Hall–Kier alpha value is -1.07. The Bertz CT molecular complexity index is 428. The summed E-state index contributed by atoms with van der Waals surface area (Å²) < 4.78 is 0. The van der Waals surface area contributed by atoms with Crippen LogP contribution in [0, 0.1) is 10.1 Å². The molecule has 2 rings (SSSR count). The van der Waals surface area contributed by atoms with Crippen LogP contribution in [-0.2, 0) is 6.42 Å². The Kier molecular flexibility index (Phi) is 5.86. The summed E-state index contributed by atoms with van der Waals surface area (Å²) >= 11 is 1.99. The van der Waals surface area contributed by atoms with Crippen LogP contribution in [-0.4, -0.2) is 29.0 Å². The van der Waals surface area contributed by atoms with Gasteiger partial charge in [-0.3, -0.25) is 10.1 Å². The molecule has 1 fully saturated rings. The van der Waals surface area contributed by atoms with Crippen molar-refractivity contribution >= 4 is 17.4 Å². The molecule has 1 aromatic carbocycles. The Labute approximate surface area is 124 Å². The maximum absolute atomic E-state index is 10.6. The van der Waals surface area contributed by atoms with E-state index in [1.54, 1.807) is 12.1 Å². The highest BCUT2D eigenvalue weighted by Crippen LogP contribution is 2.26. The molecule has 0 unspecified atom stereocenters. The molecule has 1 aliphatic carbocycles. The third kappa shape index (κ3) is 4.49. The SMILES string of the molecule is CSC1CCC(NCCc2ccc([N+](=O)[O-])cc2)CC1. The molecule has 20 heavy (non-hydrogen) atoms. The van der Waals surface area contributed by atoms with E-state index >= 15 is 0 Å². The lowest BCUT2D eigenvalue weighted by molar-refractivity contribution is -0.384. The first-order chi connectivity index (χ1) is 9.69. The van der Waals surface area contributed by atoms with Gasteiger partial charge in [-0.25, -0.2) is 0 Å². The monoisotopic (exact) mass is 294 g/mol. The van der Waals surface area contributed by atoms with Crippen molar-refractivity contribution < 1.29 is 4.92 Å². The Morgan fingerprint density at radius 1 is 1.25 bits per heavy atom. The molecule has 110 valence electrons. The minimum atomic E-state index is -0.355. The van der Waals surface area contributed by atoms with Gasteiger partial charge >= 0.3 is 0 Å². The first kappa shape index (κ1) is 15.3. The molecule has 0 aliphatic heterocycles. The van der Waals surface area contributed by atoms with Gasteiger partial charge in [0.25, 0.3) is 5.69 Å². The summed E-state index contributed by atoms with van der Waals surface area (Å²) in [5, 5.41) is 15.0. The number of nitro groups is 1. The molecule has 0 spiro atoms. The number of non-ortho nitro benzene ring substituents is 1. The standard InChI is InChI=1S/C15H22N2O2S/c1-20-15-8-4-13(5-9-15)16-11-10-12-2-6-14(7-3-12)17(18)19/h2-3,6-7,13,15-16H,4-5,8-11H2,1H3. The fraction of sp³-hybridized carbons (Fsp3) is 0.600. The Balaban J connectivity index is 1.69. The van der Waals surface area contributed by atoms with Crippen LogP contribution in [0.25, 0.3) is 0 Å². The Morgan fingerprint density at radius 3 is 2.45 bits per heavy atom. The quantitative estimate of drug-likeness (QED) is 0.645. The van der Waals surface area contributed by atoms with Crippen molar-refractivity contribution in [2.24, 2.45) is 0 Å². The van der Waals surface area contributed by atoms with Crippen molar-refractivity contribution in [1.82, 2.24) is 5.32 Å². The molecule has 5 heteroatoms. The van der Waals surface area contributed by atoms with Crippen LogP contribution in [0.1, 0.15) is 31.2 Å². The zero-order valence-electron chi connectivity index (χ0n) is 11.9. The average molecular weight is 294 g/mol. The van der Waals surface area contributed by atoms with Crippen LogP contribution >= 0.6 is 11.8 Å². The molecule has 0 atom stereocenters. The predicted molar refractivity (Wildman–Crippen MR) is 84.4 cm³/mol. The molecule has 0 amide bonds. The molecule has 0 bridgehead atoms. The highest BCUT2D eigenvalue weighted by atomic mass is 32.2. The van der Waals surface area contributed by atoms with Crippen LogP contribution in [0.15, 0.2) is 24.3 Å². The third-order valence-electron chi connectivity index (χ3n) is 4.00. The second-order valence-corrected chi connectivity index (χ2v) is 6.48. The maximum atomic E-state index is 10.6. The van der Waals surface area contributed by atoms with Crippen molar-refractivity contribution in [3.05, 3.63) is 39.9 Å². The molecular formula is C15H22N2O2S. The molecule has 4 nitrogen and oxygen atoms in total. The van der Waals surface area contributed by atoms with E-state index in [1.807, 2.05) is 23.9 Å². The van der Waals surface area contributed by atoms with E-state index in [4.69, 9.17) is 0 Å². The number of nitro benzene ring substituents is 1. The van der Waals surface area contributed by atoms with E-state index in [-0.39, 0.29) is 10.6 Å². The zero-order valence-corrected chi connectivity index (χ0v) is 12.7. The second kappa shape index (κ2) is 7.64. The summed E-state index contributed by atoms with van der Waals surface area (Å²) in [4.78, 5) is 10.2. The van der Waals surface area contributed by atoms with Crippen LogP contribution in [0.2, 0.25) is 0 Å². The van der Waals surface area contributed by atoms with Crippen LogP contribution in [0.5, 0.6) is 0 Å². The minimum Gasteiger partial charge on any atom is -0.314 e. The first-order valence-corrected chi connectivity index (χ1v) is 8.47. The number of benzene rings is 1. The van der Waals surface area contributed by atoms with Gasteiger partial charge in [0.15, 0.2) is 0 Å². The van der Waals surface area contributed by atoms with E-state index in [1.165, 1.54) is 25.7 Å². The summed E-state index contributed by atoms with van der Waals surface area (Å²) in [6, 6.07) is 7.52. The zero-order chi connectivity index (χ0) is 14.4. The van der Waals surface area contributed by atoms with Gasteiger partial charge in [-0.05, 0) is 50.5 Å². The lowest BCUT2D eigenvalue weighted by Crippen LogP contribution is -2.35. The number of rotatable bonds is 6. The number of hydrogen-bond acceptors (Lipinski definition) is 4. The summed E-state index contributed by atoms with van der Waals surface area (Å²) in [5.41, 5.74) is 1.32. The number of hydrogen-bond donors (Lipinski definition) is 1. The lowest BCUT2D eigenvalue weighted by Gasteiger charge is -2.28. The minimum absolute atomic E-state index is 0.164. The molecule has 1 aromatic rings. The molecular weight excluding hydrogens is 272 g/mol. The molecule has 1 saturated carbocycles. The van der Waals surface area contributed by atoms with E-state index < -0.39 is 0 Å². The van der Waals surface area contributed by atoms with E-state index in [0.717, 1.165) is 23.8 Å². The first-order valence-electron chi connectivity index (χ1n) is 7.18. The normalized spacial score (nSPS) is 22.6. The van der Waals surface area contributed by atoms with Crippen molar-refractivity contribution in [2.75, 3.05) is 12.8 Å². The molecule has 0 saturated heterocycles. The van der Waals surface area contributed by atoms with Gasteiger partial charge in [0.2, 0.25) is 0 Å². The van der Waals surface area contributed by atoms with E-state index in [0.29, 0.717) is 6.04 Å². The number of nitrogens with zero attached hydrogens (tertiary/aromatic N) is 1. The van der Waals surface area contributed by atoms with Crippen LogP contribution in [0.4, 0.5) is 5.69 Å². The average Bonchev–Trinajstić information content (AvgIpc) is 2.48. The summed E-state index contributed by atoms with van der Waals surface area (Å²) in [6.45, 7) is 0.951. The topological polar surface area (TPSA) is 55.2 Å². The summed E-state index contributed by atoms with van der Waals surface area (Å²) in [5.74, 6) is 0. The van der Waals surface area contributed by atoms with Gasteiger partial charge in [0, 0.05) is 23.4 Å². The van der Waals surface area contributed by atoms with Gasteiger partial charge in [-0.1, -0.05) is 12.1 Å². The van der Waals surface area contributed by atoms with Crippen molar-refractivity contribution in [2.45, 2.75) is 43.4 Å². The maximum Gasteiger partial charge on any atom is 0.269 e. The summed E-state index contributed by atoms with van der Waals surface area (Å²) in [6.07, 6.45) is 8.30. The summed E-state index contributed by atoms with van der Waals surface area (Å²) in [7, 11) is 0. The Morgan fingerprint density at radius 2 is 1.90 bits per heavy atom. The molecule has 0 heterocycles. The third-order valence-corrected chi connectivity index (χ3v) is 5.14.